The highest BCUT2D eigenvalue weighted by atomic mass is 19.3. The van der Waals surface area contributed by atoms with E-state index in [1.54, 1.807) is 0 Å². The van der Waals surface area contributed by atoms with Crippen LogP contribution in [0.3, 0.4) is 0 Å². The molecule has 7 heteroatoms. The first-order chi connectivity index (χ1) is 10.5. The van der Waals surface area contributed by atoms with Gasteiger partial charge in [0.1, 0.15) is 5.76 Å². The Balaban J connectivity index is 1.73. The van der Waals surface area contributed by atoms with Gasteiger partial charge >= 0.3 is 0 Å². The zero-order valence-electron chi connectivity index (χ0n) is 13.1. The average molecular weight is 315 g/mol. The van der Waals surface area contributed by atoms with Crippen LogP contribution in [-0.4, -0.2) is 42.0 Å². The lowest BCUT2D eigenvalue weighted by molar-refractivity contribution is -0.123. The number of nitrogens with one attached hydrogen (secondary N) is 1. The molecule has 1 aromatic rings. The molecule has 0 aliphatic carbocycles. The maximum Gasteiger partial charge on any atom is 0.255 e. The first-order valence-corrected chi connectivity index (χ1v) is 7.64. The van der Waals surface area contributed by atoms with E-state index in [9.17, 15) is 13.6 Å². The third kappa shape index (κ3) is 4.76. The second kappa shape index (κ2) is 7.67. The Bertz CT molecular complexity index is 477. The molecule has 2 rings (SSSR count). The molecule has 0 spiro atoms. The number of aromatic nitrogens is 1. The van der Waals surface area contributed by atoms with Gasteiger partial charge in [-0.25, -0.2) is 8.78 Å². The van der Waals surface area contributed by atoms with Crippen LogP contribution in [0.2, 0.25) is 0 Å². The Morgan fingerprint density at radius 3 is 2.64 bits per heavy atom. The third-order valence-corrected chi connectivity index (χ3v) is 4.20. The number of rotatable bonds is 6. The summed E-state index contributed by atoms with van der Waals surface area (Å²) in [5, 5.41) is 6.22. The van der Waals surface area contributed by atoms with E-state index in [1.165, 1.54) is 0 Å². The van der Waals surface area contributed by atoms with Crippen molar-refractivity contribution in [3.05, 3.63) is 17.0 Å². The monoisotopic (exact) mass is 315 g/mol. The summed E-state index contributed by atoms with van der Waals surface area (Å²) in [7, 11) is 0. The average Bonchev–Trinajstić information content (AvgIpc) is 2.79. The summed E-state index contributed by atoms with van der Waals surface area (Å²) in [5.41, 5.74) is 2.05. The van der Waals surface area contributed by atoms with Crippen LogP contribution in [0.4, 0.5) is 8.78 Å². The number of hydrogen-bond acceptors (Lipinski definition) is 4. The van der Waals surface area contributed by atoms with E-state index in [-0.39, 0.29) is 11.8 Å². The van der Waals surface area contributed by atoms with E-state index in [2.05, 4.69) is 15.4 Å². The molecule has 1 aliphatic heterocycles. The molecule has 124 valence electrons. The summed E-state index contributed by atoms with van der Waals surface area (Å²) in [6, 6.07) is 0. The summed E-state index contributed by atoms with van der Waals surface area (Å²) in [6.07, 6.45) is -0.330. The fourth-order valence-corrected chi connectivity index (χ4v) is 2.83. The summed E-state index contributed by atoms with van der Waals surface area (Å²) >= 11 is 0. The Labute approximate surface area is 129 Å². The molecule has 22 heavy (non-hydrogen) atoms. The molecule has 0 aromatic carbocycles. The number of carbonyl (C=O) groups excluding carboxylic acids is 1. The standard InChI is InChI=1S/C15H23F2N3O2/c1-10-13(11(2)22-19-10)9-20-5-3-12(4-6-20)7-15(21)18-8-14(16)17/h12,14H,3-9H2,1-2H3,(H,18,21). The number of carbonyl (C=O) groups is 1. The molecule has 1 aromatic heterocycles. The van der Waals surface area contributed by atoms with Gasteiger partial charge in [-0.3, -0.25) is 9.69 Å². The van der Waals surface area contributed by atoms with Crippen molar-refractivity contribution in [3.8, 4) is 0 Å². The van der Waals surface area contributed by atoms with E-state index in [4.69, 9.17) is 4.52 Å². The van der Waals surface area contributed by atoms with Crippen molar-refractivity contribution in [1.82, 2.24) is 15.4 Å². The lowest BCUT2D eigenvalue weighted by Crippen LogP contribution is -2.36. The molecular formula is C15H23F2N3O2. The number of amides is 1. The predicted molar refractivity (Wildman–Crippen MR) is 77.6 cm³/mol. The van der Waals surface area contributed by atoms with Gasteiger partial charge < -0.3 is 9.84 Å². The van der Waals surface area contributed by atoms with Crippen molar-refractivity contribution >= 4 is 5.91 Å². The van der Waals surface area contributed by atoms with Crippen molar-refractivity contribution in [2.24, 2.45) is 5.92 Å². The van der Waals surface area contributed by atoms with Gasteiger partial charge in [-0.2, -0.15) is 0 Å². The first-order valence-electron chi connectivity index (χ1n) is 7.64. The molecule has 0 unspecified atom stereocenters. The minimum Gasteiger partial charge on any atom is -0.361 e. The first kappa shape index (κ1) is 16.9. The molecule has 0 atom stereocenters. The smallest absolute Gasteiger partial charge is 0.255 e. The van der Waals surface area contributed by atoms with Crippen molar-refractivity contribution in [2.75, 3.05) is 19.6 Å². The number of alkyl halides is 2. The van der Waals surface area contributed by atoms with Crippen LogP contribution in [-0.2, 0) is 11.3 Å². The van der Waals surface area contributed by atoms with Gasteiger partial charge in [-0.15, -0.1) is 0 Å². The maximum atomic E-state index is 12.0. The summed E-state index contributed by atoms with van der Waals surface area (Å²) in [4.78, 5) is 13.9. The van der Waals surface area contributed by atoms with Crippen LogP contribution in [0.25, 0.3) is 0 Å². The molecule has 0 bridgehead atoms. The zero-order chi connectivity index (χ0) is 16.1. The number of nitrogens with zero attached hydrogens (tertiary/aromatic N) is 2. The third-order valence-electron chi connectivity index (χ3n) is 4.20. The van der Waals surface area contributed by atoms with Crippen LogP contribution < -0.4 is 5.32 Å². The Hall–Kier alpha value is -1.50. The number of hydrogen-bond donors (Lipinski definition) is 1. The molecule has 5 nitrogen and oxygen atoms in total. The van der Waals surface area contributed by atoms with Gasteiger partial charge in [-0.05, 0) is 45.7 Å². The minimum atomic E-state index is -2.49. The minimum absolute atomic E-state index is 0.274. The lowest BCUT2D eigenvalue weighted by Gasteiger charge is -2.31. The maximum absolute atomic E-state index is 12.0. The van der Waals surface area contributed by atoms with E-state index in [0.717, 1.165) is 49.5 Å². The van der Waals surface area contributed by atoms with E-state index in [1.807, 2.05) is 13.8 Å². The molecule has 1 fully saturated rings. The molecule has 0 saturated carbocycles. The zero-order valence-corrected chi connectivity index (χ0v) is 13.1. The molecule has 0 radical (unpaired) electrons. The summed E-state index contributed by atoms with van der Waals surface area (Å²) in [5.74, 6) is 0.856. The number of piperidine rings is 1. The van der Waals surface area contributed by atoms with Gasteiger partial charge in [0.25, 0.3) is 6.43 Å². The molecule has 1 amide bonds. The van der Waals surface area contributed by atoms with Crippen LogP contribution in [0.15, 0.2) is 4.52 Å². The highest BCUT2D eigenvalue weighted by Crippen LogP contribution is 2.23. The molecule has 2 heterocycles. The SMILES string of the molecule is Cc1noc(C)c1CN1CCC(CC(=O)NCC(F)F)CC1. The van der Waals surface area contributed by atoms with Gasteiger partial charge in [0.05, 0.1) is 12.2 Å². The van der Waals surface area contributed by atoms with E-state index in [0.29, 0.717) is 6.42 Å². The fraction of sp³-hybridized carbons (Fsp3) is 0.733. The van der Waals surface area contributed by atoms with Crippen molar-refractivity contribution < 1.29 is 18.1 Å². The second-order valence-corrected chi connectivity index (χ2v) is 5.92. The van der Waals surface area contributed by atoms with Crippen molar-refractivity contribution in [2.45, 2.75) is 46.1 Å². The lowest BCUT2D eigenvalue weighted by atomic mass is 9.93. The fourth-order valence-electron chi connectivity index (χ4n) is 2.83. The van der Waals surface area contributed by atoms with Crippen LogP contribution in [0.5, 0.6) is 0 Å². The van der Waals surface area contributed by atoms with Gasteiger partial charge in [-0.1, -0.05) is 5.16 Å². The second-order valence-electron chi connectivity index (χ2n) is 5.92. The topological polar surface area (TPSA) is 58.4 Å². The Morgan fingerprint density at radius 1 is 1.41 bits per heavy atom. The molecular weight excluding hydrogens is 292 g/mol. The summed E-state index contributed by atoms with van der Waals surface area (Å²) in [6.45, 7) is 5.91. The van der Waals surface area contributed by atoms with Crippen LogP contribution in [0, 0.1) is 19.8 Å². The number of halogens is 2. The van der Waals surface area contributed by atoms with Crippen LogP contribution in [0.1, 0.15) is 36.3 Å². The number of aryl methyl sites for hydroxylation is 2. The Kier molecular flexibility index (Phi) is 5.88. The highest BCUT2D eigenvalue weighted by Gasteiger charge is 2.23. The van der Waals surface area contributed by atoms with Crippen molar-refractivity contribution in [3.63, 3.8) is 0 Å². The highest BCUT2D eigenvalue weighted by molar-refractivity contribution is 5.76. The molecule has 1 saturated heterocycles. The van der Waals surface area contributed by atoms with Crippen molar-refractivity contribution in [1.29, 1.82) is 0 Å². The normalized spacial score (nSPS) is 17.1. The predicted octanol–water partition coefficient (Wildman–Crippen LogP) is 2.27. The van der Waals surface area contributed by atoms with Gasteiger partial charge in [0.15, 0.2) is 0 Å². The number of likely N-dealkylation sites (tertiary alicyclic amines) is 1. The summed E-state index contributed by atoms with van der Waals surface area (Å²) < 4.78 is 29.2. The molecule has 1 N–H and O–H groups in total. The van der Waals surface area contributed by atoms with E-state index < -0.39 is 13.0 Å². The molecule has 1 aliphatic rings. The van der Waals surface area contributed by atoms with Crippen LogP contribution >= 0.6 is 0 Å². The largest absolute Gasteiger partial charge is 0.361 e. The van der Waals surface area contributed by atoms with E-state index >= 15 is 0 Å². The van der Waals surface area contributed by atoms with Gasteiger partial charge in [0, 0.05) is 18.5 Å². The quantitative estimate of drug-likeness (QED) is 0.875. The Morgan fingerprint density at radius 2 is 2.09 bits per heavy atom. The van der Waals surface area contributed by atoms with Gasteiger partial charge in [0.2, 0.25) is 5.91 Å².